The number of hydrogen-bond donors (Lipinski definition) is 2. The molecule has 0 unspecified atom stereocenters. The zero-order valence-electron chi connectivity index (χ0n) is 24.3. The highest BCUT2D eigenvalue weighted by atomic mass is 32.2. The molecule has 1 fully saturated rings. The molecule has 0 aromatic heterocycles. The summed E-state index contributed by atoms with van der Waals surface area (Å²) in [6.45, 7) is 6.90. The van der Waals surface area contributed by atoms with Gasteiger partial charge in [-0.25, -0.2) is 21.6 Å². The number of methoxy groups -OCH3 is 1. The predicted molar refractivity (Wildman–Crippen MR) is 157 cm³/mol. The zero-order valence-corrected chi connectivity index (χ0v) is 25.9. The largest absolute Gasteiger partial charge is 0.497 e. The summed E-state index contributed by atoms with van der Waals surface area (Å²) in [6.07, 6.45) is -2.62. The van der Waals surface area contributed by atoms with Gasteiger partial charge in [0.15, 0.2) is 9.84 Å². The van der Waals surface area contributed by atoms with Crippen molar-refractivity contribution in [1.29, 1.82) is 0 Å². The van der Waals surface area contributed by atoms with Gasteiger partial charge in [0.1, 0.15) is 5.75 Å². The fraction of sp³-hybridized carbons (Fsp3) is 0.552. The Morgan fingerprint density at radius 2 is 1.63 bits per heavy atom. The maximum Gasteiger partial charge on any atom is 0.407 e. The van der Waals surface area contributed by atoms with E-state index in [4.69, 9.17) is 4.74 Å². The van der Waals surface area contributed by atoms with Crippen LogP contribution >= 0.6 is 0 Å². The molecule has 2 aromatic carbocycles. The molecule has 0 saturated carbocycles. The summed E-state index contributed by atoms with van der Waals surface area (Å²) in [4.78, 5) is 13.9. The predicted octanol–water partition coefficient (Wildman–Crippen LogP) is 3.51. The molecule has 228 valence electrons. The summed E-state index contributed by atoms with van der Waals surface area (Å²) in [5.41, 5.74) is 0.734. The third-order valence-corrected chi connectivity index (χ3v) is 11.8. The number of sulfone groups is 1. The van der Waals surface area contributed by atoms with E-state index >= 15 is 0 Å². The molecular weight excluding hydrogens is 568 g/mol. The lowest BCUT2D eigenvalue weighted by Crippen LogP contribution is -2.58. The first kappa shape index (κ1) is 32.8. The monoisotopic (exact) mass is 610 g/mol. The van der Waals surface area contributed by atoms with Crippen molar-refractivity contribution >= 4 is 26.0 Å². The van der Waals surface area contributed by atoms with E-state index in [0.717, 1.165) is 10.5 Å². The number of sulfonamides is 1. The van der Waals surface area contributed by atoms with Crippen molar-refractivity contribution in [2.24, 2.45) is 11.8 Å². The molecule has 1 aliphatic rings. The van der Waals surface area contributed by atoms with Crippen LogP contribution in [-0.2, 0) is 26.3 Å². The van der Waals surface area contributed by atoms with E-state index in [0.29, 0.717) is 5.75 Å². The molecule has 1 saturated heterocycles. The molecule has 0 bridgehead atoms. The van der Waals surface area contributed by atoms with Crippen LogP contribution < -0.4 is 4.74 Å². The Bertz CT molecular complexity index is 1360. The lowest BCUT2D eigenvalue weighted by Gasteiger charge is -2.41. The number of nitrogens with zero attached hydrogens (tertiary/aromatic N) is 2. The number of benzene rings is 2. The minimum Gasteiger partial charge on any atom is -0.497 e. The van der Waals surface area contributed by atoms with Gasteiger partial charge in [0.2, 0.25) is 10.0 Å². The Morgan fingerprint density at radius 1 is 1.02 bits per heavy atom. The summed E-state index contributed by atoms with van der Waals surface area (Å²) in [5.74, 6) is -0.102. The quantitative estimate of drug-likeness (QED) is 0.351. The number of carboxylic acid groups (broad SMARTS) is 1. The summed E-state index contributed by atoms with van der Waals surface area (Å²) in [7, 11) is -6.15. The van der Waals surface area contributed by atoms with Gasteiger partial charge in [-0.3, -0.25) is 4.90 Å². The van der Waals surface area contributed by atoms with Gasteiger partial charge in [-0.15, -0.1) is 0 Å². The van der Waals surface area contributed by atoms with Crippen LogP contribution in [0.4, 0.5) is 4.79 Å². The lowest BCUT2D eigenvalue weighted by molar-refractivity contribution is 0.0166. The third-order valence-electron chi connectivity index (χ3n) is 7.47. The van der Waals surface area contributed by atoms with Crippen LogP contribution in [-0.4, -0.2) is 91.7 Å². The second-order valence-electron chi connectivity index (χ2n) is 11.3. The van der Waals surface area contributed by atoms with Crippen LogP contribution in [0.25, 0.3) is 0 Å². The van der Waals surface area contributed by atoms with E-state index in [1.54, 1.807) is 38.1 Å². The summed E-state index contributed by atoms with van der Waals surface area (Å²) >= 11 is 0. The lowest BCUT2D eigenvalue weighted by atomic mass is 9.94. The van der Waals surface area contributed by atoms with Crippen molar-refractivity contribution in [3.8, 4) is 5.75 Å². The minimum atomic E-state index is -4.07. The van der Waals surface area contributed by atoms with Gasteiger partial charge in [-0.05, 0) is 54.5 Å². The number of hydrogen-bond acceptors (Lipinski definition) is 7. The third kappa shape index (κ3) is 7.79. The van der Waals surface area contributed by atoms with Crippen molar-refractivity contribution in [2.75, 3.05) is 26.0 Å². The molecule has 1 aliphatic heterocycles. The van der Waals surface area contributed by atoms with E-state index in [2.05, 4.69) is 0 Å². The highest BCUT2D eigenvalue weighted by Gasteiger charge is 2.49. The molecule has 3 rings (SSSR count). The van der Waals surface area contributed by atoms with Gasteiger partial charge in [-0.2, -0.15) is 4.31 Å². The van der Waals surface area contributed by atoms with E-state index < -0.39 is 49.4 Å². The minimum absolute atomic E-state index is 0.0163. The molecule has 0 spiro atoms. The fourth-order valence-corrected chi connectivity index (χ4v) is 9.73. The molecular formula is C29H42N2O8S2. The molecule has 0 aliphatic carbocycles. The Labute approximate surface area is 243 Å². The van der Waals surface area contributed by atoms with Gasteiger partial charge in [0.25, 0.3) is 0 Å². The summed E-state index contributed by atoms with van der Waals surface area (Å²) < 4.78 is 59.7. The number of rotatable bonds is 13. The molecule has 12 heteroatoms. The van der Waals surface area contributed by atoms with Crippen LogP contribution in [0, 0.1) is 11.8 Å². The Balaban J connectivity index is 2.05. The van der Waals surface area contributed by atoms with Gasteiger partial charge in [0, 0.05) is 13.1 Å². The average molecular weight is 611 g/mol. The van der Waals surface area contributed by atoms with Crippen molar-refractivity contribution < 1.29 is 36.6 Å². The Kier molecular flexibility index (Phi) is 10.8. The van der Waals surface area contributed by atoms with E-state index in [1.807, 2.05) is 19.9 Å². The van der Waals surface area contributed by atoms with Crippen LogP contribution in [0.1, 0.15) is 39.7 Å². The number of aliphatic hydroxyl groups is 1. The summed E-state index contributed by atoms with van der Waals surface area (Å²) in [5, 5.41) is 21.2. The molecule has 0 radical (unpaired) electrons. The number of ether oxygens (including phenoxy) is 1. The first-order valence-corrected chi connectivity index (χ1v) is 16.9. The van der Waals surface area contributed by atoms with Crippen molar-refractivity contribution in [1.82, 2.24) is 9.21 Å². The molecule has 4 atom stereocenters. The van der Waals surface area contributed by atoms with E-state index in [9.17, 15) is 31.8 Å². The Morgan fingerprint density at radius 3 is 2.15 bits per heavy atom. The first-order chi connectivity index (χ1) is 19.2. The highest BCUT2D eigenvalue weighted by molar-refractivity contribution is 7.92. The second-order valence-corrected chi connectivity index (χ2v) is 15.6. The molecule has 1 amide bonds. The maximum absolute atomic E-state index is 13.7. The number of amides is 1. The number of aliphatic hydroxyl groups excluding tert-OH is 1. The molecule has 10 nitrogen and oxygen atoms in total. The standard InChI is InChI=1S/C29H42N2O8S2/c1-20(2)18-30(41(37,38)24-13-11-23(39-5)12-14-24)19-27(32)26(17-22-9-7-6-8-10-22)31(29(33)34)25-15-16-40(35,36)28(25)21(3)4/h6-14,20-21,25-28,32H,15-19H2,1-5H3,(H,33,34)/t25-,26+,27-,28-/m1/s1. The normalized spacial score (nSPS) is 20.3. The highest BCUT2D eigenvalue weighted by Crippen LogP contribution is 2.34. The second kappa shape index (κ2) is 13.5. The first-order valence-electron chi connectivity index (χ1n) is 13.8. The van der Waals surface area contributed by atoms with Crippen LogP contribution in [0.3, 0.4) is 0 Å². The Hall–Kier alpha value is -2.67. The zero-order chi connectivity index (χ0) is 30.5. The molecule has 2 N–H and O–H groups in total. The molecule has 41 heavy (non-hydrogen) atoms. The smallest absolute Gasteiger partial charge is 0.407 e. The maximum atomic E-state index is 13.7. The molecule has 2 aromatic rings. The van der Waals surface area contributed by atoms with Crippen molar-refractivity contribution in [3.63, 3.8) is 0 Å². The van der Waals surface area contributed by atoms with Gasteiger partial charge < -0.3 is 14.9 Å². The number of carbonyl (C=O) groups is 1. The van der Waals surface area contributed by atoms with Gasteiger partial charge in [0.05, 0.1) is 41.2 Å². The average Bonchev–Trinajstić information content (AvgIpc) is 3.22. The van der Waals surface area contributed by atoms with Gasteiger partial charge >= 0.3 is 6.09 Å². The topological polar surface area (TPSA) is 142 Å². The fourth-order valence-electron chi connectivity index (χ4n) is 5.69. The van der Waals surface area contributed by atoms with Crippen LogP contribution in [0.15, 0.2) is 59.5 Å². The van der Waals surface area contributed by atoms with E-state index in [-0.39, 0.29) is 48.4 Å². The SMILES string of the molecule is COc1ccc(S(=O)(=O)N(CC(C)C)C[C@@H](O)[C@H](Cc2ccccc2)N(C(=O)O)[C@@H]2CCS(=O)(=O)[C@@H]2C(C)C)cc1. The van der Waals surface area contributed by atoms with Crippen LogP contribution in [0.5, 0.6) is 5.75 Å². The van der Waals surface area contributed by atoms with Gasteiger partial charge in [-0.1, -0.05) is 58.0 Å². The summed E-state index contributed by atoms with van der Waals surface area (Å²) in [6, 6.07) is 12.9. The molecule has 1 heterocycles. The van der Waals surface area contributed by atoms with Crippen molar-refractivity contribution in [3.05, 3.63) is 60.2 Å². The van der Waals surface area contributed by atoms with Crippen molar-refractivity contribution in [2.45, 2.75) is 68.9 Å². The van der Waals surface area contributed by atoms with Crippen LogP contribution in [0.2, 0.25) is 0 Å². The van der Waals surface area contributed by atoms with E-state index in [1.165, 1.54) is 35.7 Å².